The first-order chi connectivity index (χ1) is 0. The van der Waals surface area contributed by atoms with Crippen LogP contribution in [0.5, 0.6) is 0 Å². The molecule has 0 aliphatic rings. The van der Waals surface area contributed by atoms with Crippen molar-refractivity contribution in [3.63, 3.8) is 0 Å². The molecule has 4 heavy (non-hydrogen) atoms. The Balaban J connectivity index is 0. The van der Waals surface area contributed by atoms with Crippen molar-refractivity contribution in [3.8, 4) is 0 Å². The average molecular weight is 323 g/mol. The van der Waals surface area contributed by atoms with Gasteiger partial charge in [0.15, 0.2) is 0 Å². The van der Waals surface area contributed by atoms with E-state index in [-0.39, 0.29) is 65.1 Å². The molecule has 0 aromatic carbocycles. The van der Waals surface area contributed by atoms with Crippen LogP contribution in [0.25, 0.3) is 0 Å². The monoisotopic (exact) mass is 322 g/mol. The van der Waals surface area contributed by atoms with Crippen LogP contribution in [-0.2, 0) is 19.5 Å². The summed E-state index contributed by atoms with van der Waals surface area (Å²) in [5.74, 6) is 0. The fourth-order valence-corrected chi connectivity index (χ4v) is 0. The van der Waals surface area contributed by atoms with Crippen molar-refractivity contribution in [1.29, 1.82) is 0 Å². The second kappa shape index (κ2) is 21.5. The van der Waals surface area contributed by atoms with E-state index in [4.69, 9.17) is 0 Å². The van der Waals surface area contributed by atoms with E-state index < -0.39 is 0 Å². The second-order valence-corrected chi connectivity index (χ2v) is 0. The van der Waals surface area contributed by atoms with E-state index in [1.54, 1.807) is 0 Å². The summed E-state index contributed by atoms with van der Waals surface area (Å²) in [6.45, 7) is 0. The van der Waals surface area contributed by atoms with Gasteiger partial charge in [0.25, 0.3) is 0 Å². The molecule has 0 fully saturated rings. The average Bonchev–Trinajstić information content (AvgIpc) is 0. The van der Waals surface area contributed by atoms with Crippen LogP contribution in [0, 0.1) is 0 Å². The van der Waals surface area contributed by atoms with Crippen molar-refractivity contribution in [1.82, 2.24) is 0 Å². The van der Waals surface area contributed by atoms with Gasteiger partial charge in [-0.3, -0.25) is 0 Å². The molecule has 0 aliphatic carbocycles. The molecular weight excluding hydrogens is 313 g/mol. The van der Waals surface area contributed by atoms with Crippen LogP contribution in [0.4, 0.5) is 0 Å². The minimum Gasteiger partial charge on any atom is -0.0149 e. The third-order valence-electron chi connectivity index (χ3n) is 0. The van der Waals surface area contributed by atoms with Crippen molar-refractivity contribution in [2.45, 2.75) is 0 Å². The first-order valence-corrected chi connectivity index (χ1v) is 0. The Bertz CT molecular complexity index is 8.00. The van der Waals surface area contributed by atoms with Crippen LogP contribution in [-0.4, -0.2) is 45.6 Å². The van der Waals surface area contributed by atoms with Crippen LogP contribution < -0.4 is 0 Å². The molecule has 0 radical (unpaired) electrons. The zero-order chi connectivity index (χ0) is 0. The molecule has 0 atom stereocenters. The molecule has 0 aromatic rings. The first kappa shape index (κ1) is 41.5. The maximum atomic E-state index is 0. The molecule has 0 spiro atoms. The molecule has 0 saturated carbocycles. The van der Waals surface area contributed by atoms with Gasteiger partial charge in [-0.1, -0.05) is 0 Å². The summed E-state index contributed by atoms with van der Waals surface area (Å²) in [5.41, 5.74) is 0. The summed E-state index contributed by atoms with van der Waals surface area (Å²) in [7, 11) is 0. The summed E-state index contributed by atoms with van der Waals surface area (Å²) in [4.78, 5) is 0. The topological polar surface area (TPSA) is 0 Å². The molecule has 0 aliphatic heterocycles. The van der Waals surface area contributed by atoms with E-state index in [1.165, 1.54) is 0 Å². The Morgan fingerprint density at radius 1 is 1.00 bits per heavy atom. The third kappa shape index (κ3) is 9.21. The van der Waals surface area contributed by atoms with Gasteiger partial charge in [-0.2, -0.15) is 0 Å². The van der Waals surface area contributed by atoms with Crippen molar-refractivity contribution < 1.29 is 19.5 Å². The summed E-state index contributed by atoms with van der Waals surface area (Å²) in [6, 6.07) is 0. The first-order valence-electron chi connectivity index (χ1n) is 0. The molecule has 4 heteroatoms. The summed E-state index contributed by atoms with van der Waals surface area (Å²) in [6.07, 6.45) is 0. The molecule has 0 unspecified atom stereocenters. The summed E-state index contributed by atoms with van der Waals surface area (Å²) < 4.78 is 0. The Morgan fingerprint density at radius 3 is 1.00 bits per heavy atom. The smallest absolute Gasteiger partial charge is 0 e. The van der Waals surface area contributed by atoms with Crippen LogP contribution in [0.15, 0.2) is 0 Å². The normalized spacial score (nSPS) is 0. The van der Waals surface area contributed by atoms with E-state index in [2.05, 4.69) is 0 Å². The fraction of sp³-hybridized carbons (Fsp3) is 0. The summed E-state index contributed by atoms with van der Waals surface area (Å²) in [5, 5.41) is 0. The number of hydrogen-bond acceptors (Lipinski definition) is 0. The van der Waals surface area contributed by atoms with Crippen molar-refractivity contribution >= 4 is 45.6 Å². The Morgan fingerprint density at radius 2 is 1.00 bits per heavy atom. The van der Waals surface area contributed by atoms with Gasteiger partial charge >= 0.3 is 26.2 Å². The fourth-order valence-electron chi connectivity index (χ4n) is 0. The molecule has 0 aromatic heterocycles. The predicted molar refractivity (Wildman–Crippen MR) is 31.2 cm³/mol. The molecule has 0 bridgehead atoms. The minimum atomic E-state index is 0. The van der Waals surface area contributed by atoms with Gasteiger partial charge < -0.3 is 0 Å². The van der Waals surface area contributed by atoms with Crippen molar-refractivity contribution in [3.05, 3.63) is 0 Å². The largest absolute Gasteiger partial charge is 0.0149 e. The molecule has 0 saturated heterocycles. The molecule has 0 amide bonds. The number of rotatable bonds is 0. The molecule has 0 N–H and O–H groups in total. The van der Waals surface area contributed by atoms with E-state index in [1.807, 2.05) is 0 Å². The van der Waals surface area contributed by atoms with Gasteiger partial charge in [0.05, 0.1) is 8.41 Å². The standard InChI is InChI=1S/BH3.Bi.H4Si.Zn.3H/h1H3;;1H4;;;;. The molecule has 0 nitrogen and oxygen atoms in total. The van der Waals surface area contributed by atoms with Crippen molar-refractivity contribution in [2.75, 3.05) is 0 Å². The number of hydrogen-bond donors (Lipinski definition) is 0. The quantitative estimate of drug-likeness (QED) is 0.401. The Labute approximate surface area is 64.6 Å². The molecule has 24 valence electrons. The van der Waals surface area contributed by atoms with E-state index in [9.17, 15) is 0 Å². The van der Waals surface area contributed by atoms with Crippen molar-refractivity contribution in [2.24, 2.45) is 0 Å². The van der Waals surface area contributed by atoms with E-state index in [0.29, 0.717) is 0 Å². The third-order valence-corrected chi connectivity index (χ3v) is 0. The van der Waals surface area contributed by atoms with Gasteiger partial charge in [-0.05, 0) is 11.0 Å². The van der Waals surface area contributed by atoms with Gasteiger partial charge in [0, 0.05) is 19.5 Å². The molecule has 0 rings (SSSR count). The zero-order valence-electron chi connectivity index (χ0n) is 1.41. The van der Waals surface area contributed by atoms with Gasteiger partial charge in [0.2, 0.25) is 0 Å². The molecular formula is H10BBiSiZn. The van der Waals surface area contributed by atoms with Crippen LogP contribution in [0.1, 0.15) is 0 Å². The maximum absolute atomic E-state index is 0. The van der Waals surface area contributed by atoms with Crippen LogP contribution >= 0.6 is 0 Å². The molecule has 0 heterocycles. The SMILES string of the molecule is B.[BiH3].[SiH4].[Zn]. The maximum Gasteiger partial charge on any atom is 0 e. The Kier molecular flexibility index (Phi) is 223. The minimum absolute atomic E-state index is 0. The van der Waals surface area contributed by atoms with Crippen LogP contribution in [0.3, 0.4) is 0 Å². The van der Waals surface area contributed by atoms with Gasteiger partial charge in [-0.15, -0.1) is 0 Å². The Hall–Kier alpha value is 1.79. The second-order valence-electron chi connectivity index (χ2n) is 0. The summed E-state index contributed by atoms with van der Waals surface area (Å²) >= 11 is 0. The van der Waals surface area contributed by atoms with E-state index >= 15 is 0 Å². The van der Waals surface area contributed by atoms with Gasteiger partial charge in [0.1, 0.15) is 0 Å². The van der Waals surface area contributed by atoms with Crippen LogP contribution in [0.2, 0.25) is 0 Å². The van der Waals surface area contributed by atoms with Gasteiger partial charge in [-0.25, -0.2) is 0 Å². The zero-order valence-corrected chi connectivity index (χ0v) is 9.88. The predicted octanol–water partition coefficient (Wildman–Crippen LogP) is -3.82. The van der Waals surface area contributed by atoms with E-state index in [0.717, 1.165) is 0 Å².